The maximum atomic E-state index is 13.3. The predicted molar refractivity (Wildman–Crippen MR) is 95.4 cm³/mol. The van der Waals surface area contributed by atoms with Crippen LogP contribution in [0.1, 0.15) is 28.8 Å². The molecule has 1 aromatic carbocycles. The average Bonchev–Trinajstić information content (AvgIpc) is 3.20. The number of fused-ring (bicyclic) bond motifs is 1. The third-order valence-electron chi connectivity index (χ3n) is 4.65. The van der Waals surface area contributed by atoms with Gasteiger partial charge in [0.15, 0.2) is 11.5 Å². The molecule has 3 heterocycles. The highest BCUT2D eigenvalue weighted by Crippen LogP contribution is 2.34. The summed E-state index contributed by atoms with van der Waals surface area (Å²) in [6.07, 6.45) is 5.58. The van der Waals surface area contributed by atoms with Crippen LogP contribution >= 0.6 is 0 Å². The lowest BCUT2D eigenvalue weighted by molar-refractivity contribution is 0.0501. The number of benzene rings is 1. The lowest BCUT2D eigenvalue weighted by Gasteiger charge is -2.28. The Bertz CT molecular complexity index is 760. The van der Waals surface area contributed by atoms with Crippen molar-refractivity contribution >= 4 is 5.91 Å². The van der Waals surface area contributed by atoms with Gasteiger partial charge >= 0.3 is 0 Å². The SMILES string of the molecule is O=C(c1cccc2c1OCCO2)N(Cc1ccncc1)C[C@H]1CCCO1. The van der Waals surface area contributed by atoms with Crippen LogP contribution in [0.3, 0.4) is 0 Å². The minimum atomic E-state index is -0.0698. The van der Waals surface area contributed by atoms with Crippen molar-refractivity contribution in [2.45, 2.75) is 25.5 Å². The fourth-order valence-corrected chi connectivity index (χ4v) is 3.37. The molecule has 2 aliphatic rings. The van der Waals surface area contributed by atoms with Crippen molar-refractivity contribution in [3.63, 3.8) is 0 Å². The van der Waals surface area contributed by atoms with Gasteiger partial charge in [0.25, 0.3) is 5.91 Å². The molecule has 2 aliphatic heterocycles. The number of nitrogens with zero attached hydrogens (tertiary/aromatic N) is 2. The number of pyridine rings is 1. The first-order valence-corrected chi connectivity index (χ1v) is 8.99. The molecule has 0 unspecified atom stereocenters. The molecule has 1 aromatic heterocycles. The highest BCUT2D eigenvalue weighted by molar-refractivity contribution is 5.98. The van der Waals surface area contributed by atoms with Crippen molar-refractivity contribution in [2.24, 2.45) is 0 Å². The van der Waals surface area contributed by atoms with E-state index in [1.54, 1.807) is 18.5 Å². The Hall–Kier alpha value is -2.60. The van der Waals surface area contributed by atoms with Crippen LogP contribution in [0.25, 0.3) is 0 Å². The van der Waals surface area contributed by atoms with Gasteiger partial charge in [0.05, 0.1) is 11.7 Å². The third-order valence-corrected chi connectivity index (χ3v) is 4.65. The second-order valence-corrected chi connectivity index (χ2v) is 6.51. The van der Waals surface area contributed by atoms with Gasteiger partial charge in [0.1, 0.15) is 13.2 Å². The van der Waals surface area contributed by atoms with Gasteiger partial charge in [0.2, 0.25) is 0 Å². The Labute approximate surface area is 152 Å². The summed E-state index contributed by atoms with van der Waals surface area (Å²) in [5, 5.41) is 0. The third kappa shape index (κ3) is 3.65. The Balaban J connectivity index is 1.61. The van der Waals surface area contributed by atoms with E-state index in [0.29, 0.717) is 43.4 Å². The quantitative estimate of drug-likeness (QED) is 0.826. The molecule has 1 amide bonds. The number of amides is 1. The van der Waals surface area contributed by atoms with Crippen LogP contribution in [-0.4, -0.2) is 48.3 Å². The fraction of sp³-hybridized carbons (Fsp3) is 0.400. The summed E-state index contributed by atoms with van der Waals surface area (Å²) in [6, 6.07) is 9.31. The fourth-order valence-electron chi connectivity index (χ4n) is 3.37. The van der Waals surface area contributed by atoms with E-state index < -0.39 is 0 Å². The molecule has 0 aliphatic carbocycles. The van der Waals surface area contributed by atoms with Crippen LogP contribution in [0.15, 0.2) is 42.7 Å². The molecular weight excluding hydrogens is 332 g/mol. The Morgan fingerprint density at radius 1 is 1.12 bits per heavy atom. The molecule has 1 fully saturated rings. The number of para-hydroxylation sites is 1. The van der Waals surface area contributed by atoms with E-state index in [2.05, 4.69) is 4.98 Å². The van der Waals surface area contributed by atoms with Gasteiger partial charge in [-0.2, -0.15) is 0 Å². The van der Waals surface area contributed by atoms with E-state index in [-0.39, 0.29) is 12.0 Å². The number of hydrogen-bond donors (Lipinski definition) is 0. The number of hydrogen-bond acceptors (Lipinski definition) is 5. The first-order chi connectivity index (χ1) is 12.8. The van der Waals surface area contributed by atoms with Crippen molar-refractivity contribution in [2.75, 3.05) is 26.4 Å². The summed E-state index contributed by atoms with van der Waals surface area (Å²) in [7, 11) is 0. The largest absolute Gasteiger partial charge is 0.486 e. The molecule has 136 valence electrons. The van der Waals surface area contributed by atoms with Gasteiger partial charge in [-0.1, -0.05) is 6.07 Å². The minimum Gasteiger partial charge on any atom is -0.486 e. The number of ether oxygens (including phenoxy) is 3. The van der Waals surface area contributed by atoms with E-state index in [9.17, 15) is 4.79 Å². The molecule has 6 nitrogen and oxygen atoms in total. The zero-order valence-electron chi connectivity index (χ0n) is 14.6. The molecule has 6 heteroatoms. The van der Waals surface area contributed by atoms with Gasteiger partial charge in [0, 0.05) is 32.1 Å². The van der Waals surface area contributed by atoms with Crippen molar-refractivity contribution in [3.8, 4) is 11.5 Å². The van der Waals surface area contributed by atoms with E-state index >= 15 is 0 Å². The van der Waals surface area contributed by atoms with Gasteiger partial charge in [-0.05, 0) is 42.7 Å². The Kier molecular flexibility index (Phi) is 5.02. The molecule has 2 aromatic rings. The topological polar surface area (TPSA) is 60.9 Å². The van der Waals surface area contributed by atoms with E-state index in [4.69, 9.17) is 14.2 Å². The molecule has 0 bridgehead atoms. The van der Waals surface area contributed by atoms with Crippen LogP contribution in [0.4, 0.5) is 0 Å². The summed E-state index contributed by atoms with van der Waals surface area (Å²) in [6.45, 7) is 2.78. The van der Waals surface area contributed by atoms with Crippen LogP contribution in [0.2, 0.25) is 0 Å². The van der Waals surface area contributed by atoms with Gasteiger partial charge in [-0.15, -0.1) is 0 Å². The number of carbonyl (C=O) groups is 1. The highest BCUT2D eigenvalue weighted by atomic mass is 16.6. The second-order valence-electron chi connectivity index (χ2n) is 6.51. The summed E-state index contributed by atoms with van der Waals surface area (Å²) < 4.78 is 17.1. The number of aromatic nitrogens is 1. The maximum Gasteiger partial charge on any atom is 0.258 e. The van der Waals surface area contributed by atoms with Gasteiger partial charge in [-0.25, -0.2) is 0 Å². The first kappa shape index (κ1) is 16.8. The monoisotopic (exact) mass is 354 g/mol. The zero-order valence-corrected chi connectivity index (χ0v) is 14.6. The lowest BCUT2D eigenvalue weighted by atomic mass is 10.1. The second kappa shape index (κ2) is 7.74. The molecule has 0 saturated carbocycles. The van der Waals surface area contributed by atoms with Crippen LogP contribution in [-0.2, 0) is 11.3 Å². The van der Waals surface area contributed by atoms with E-state index in [1.165, 1.54) is 0 Å². The average molecular weight is 354 g/mol. The zero-order chi connectivity index (χ0) is 17.8. The van der Waals surface area contributed by atoms with Crippen molar-refractivity contribution in [1.82, 2.24) is 9.88 Å². The van der Waals surface area contributed by atoms with E-state index in [1.807, 2.05) is 29.2 Å². The maximum absolute atomic E-state index is 13.3. The minimum absolute atomic E-state index is 0.0698. The summed E-state index contributed by atoms with van der Waals surface area (Å²) in [5.74, 6) is 1.10. The molecule has 1 saturated heterocycles. The number of carbonyl (C=O) groups excluding carboxylic acids is 1. The van der Waals surface area contributed by atoms with Gasteiger partial charge < -0.3 is 19.1 Å². The Morgan fingerprint density at radius 2 is 1.96 bits per heavy atom. The molecule has 4 rings (SSSR count). The standard InChI is InChI=1S/C20H22N2O4/c23-20(17-4-1-5-18-19(17)26-12-11-25-18)22(14-16-3-2-10-24-16)13-15-6-8-21-9-7-15/h1,4-9,16H,2-3,10-14H2/t16-/m1/s1. The van der Waals surface area contributed by atoms with Crippen LogP contribution in [0, 0.1) is 0 Å². The smallest absolute Gasteiger partial charge is 0.258 e. The molecule has 0 radical (unpaired) electrons. The van der Waals surface area contributed by atoms with E-state index in [0.717, 1.165) is 25.0 Å². The van der Waals surface area contributed by atoms with Crippen LogP contribution in [0.5, 0.6) is 11.5 Å². The molecule has 0 spiro atoms. The highest BCUT2D eigenvalue weighted by Gasteiger charge is 2.27. The Morgan fingerprint density at radius 3 is 2.77 bits per heavy atom. The predicted octanol–water partition coefficient (Wildman–Crippen LogP) is 2.67. The van der Waals surface area contributed by atoms with Crippen molar-refractivity contribution in [3.05, 3.63) is 53.9 Å². The normalized spacial score (nSPS) is 18.5. The molecule has 26 heavy (non-hydrogen) atoms. The summed E-state index contributed by atoms with van der Waals surface area (Å²) in [4.78, 5) is 19.2. The lowest BCUT2D eigenvalue weighted by Crippen LogP contribution is -2.37. The van der Waals surface area contributed by atoms with Crippen LogP contribution < -0.4 is 9.47 Å². The number of rotatable bonds is 5. The summed E-state index contributed by atoms with van der Waals surface area (Å²) >= 11 is 0. The van der Waals surface area contributed by atoms with Gasteiger partial charge in [-0.3, -0.25) is 9.78 Å². The summed E-state index contributed by atoms with van der Waals surface area (Å²) in [5.41, 5.74) is 1.57. The molecule has 1 atom stereocenters. The van der Waals surface area contributed by atoms with Crippen molar-refractivity contribution < 1.29 is 19.0 Å². The van der Waals surface area contributed by atoms with Crippen molar-refractivity contribution in [1.29, 1.82) is 0 Å². The first-order valence-electron chi connectivity index (χ1n) is 8.99. The molecular formula is C20H22N2O4. The molecule has 0 N–H and O–H groups in total.